The van der Waals surface area contributed by atoms with Gasteiger partial charge in [0, 0.05) is 12.3 Å². The molecule has 3 heteroatoms. The molecule has 1 aliphatic heterocycles. The summed E-state index contributed by atoms with van der Waals surface area (Å²) in [4.78, 5) is 0. The zero-order chi connectivity index (χ0) is 18.9. The minimum Gasteiger partial charge on any atom is -0.352 e. The van der Waals surface area contributed by atoms with Gasteiger partial charge in [-0.1, -0.05) is 49.7 Å². The number of aryl methyl sites for hydroxylation is 2. The summed E-state index contributed by atoms with van der Waals surface area (Å²) in [6, 6.07) is 18.8. The molecule has 27 heavy (non-hydrogen) atoms. The molecule has 0 aromatic heterocycles. The van der Waals surface area contributed by atoms with Crippen LogP contribution in [0.4, 0.5) is 0 Å². The van der Waals surface area contributed by atoms with E-state index >= 15 is 0 Å². The van der Waals surface area contributed by atoms with Crippen molar-refractivity contribution in [1.29, 1.82) is 5.26 Å². The van der Waals surface area contributed by atoms with Gasteiger partial charge in [0.15, 0.2) is 6.29 Å². The first kappa shape index (κ1) is 19.6. The van der Waals surface area contributed by atoms with E-state index in [2.05, 4.69) is 37.3 Å². The van der Waals surface area contributed by atoms with Gasteiger partial charge >= 0.3 is 0 Å². The van der Waals surface area contributed by atoms with E-state index in [0.717, 1.165) is 38.0 Å². The molecule has 1 saturated heterocycles. The van der Waals surface area contributed by atoms with Crippen LogP contribution in [0.3, 0.4) is 0 Å². The standard InChI is InChI=1S/C24H29NO2/c1-2-4-19-7-9-20(10-8-19)5-3-6-23-17-26-24(27-18-23)15-21-11-13-22(16-25)14-12-21/h7-14,23-24H,2-6,15,17-18H2,1H3. The molecule has 3 nitrogen and oxygen atoms in total. The predicted molar refractivity (Wildman–Crippen MR) is 107 cm³/mol. The van der Waals surface area contributed by atoms with Crippen molar-refractivity contribution in [3.05, 3.63) is 70.8 Å². The fourth-order valence-electron chi connectivity index (χ4n) is 3.53. The van der Waals surface area contributed by atoms with Crippen LogP contribution in [0.5, 0.6) is 0 Å². The molecule has 0 unspecified atom stereocenters. The molecule has 0 bridgehead atoms. The Kier molecular flexibility index (Phi) is 7.45. The molecule has 3 rings (SSSR count). The highest BCUT2D eigenvalue weighted by molar-refractivity contribution is 5.31. The Balaban J connectivity index is 1.35. The maximum Gasteiger partial charge on any atom is 0.161 e. The Morgan fingerprint density at radius 1 is 0.889 bits per heavy atom. The van der Waals surface area contributed by atoms with Crippen molar-refractivity contribution in [3.8, 4) is 6.07 Å². The smallest absolute Gasteiger partial charge is 0.161 e. The molecule has 0 aliphatic carbocycles. The molecule has 2 aromatic carbocycles. The van der Waals surface area contributed by atoms with Crippen LogP contribution in [-0.4, -0.2) is 19.5 Å². The predicted octanol–water partition coefficient (Wildman–Crippen LogP) is 5.07. The van der Waals surface area contributed by atoms with Gasteiger partial charge in [-0.25, -0.2) is 0 Å². The maximum atomic E-state index is 8.86. The molecule has 0 N–H and O–H groups in total. The monoisotopic (exact) mass is 363 g/mol. The zero-order valence-corrected chi connectivity index (χ0v) is 16.2. The topological polar surface area (TPSA) is 42.2 Å². The Morgan fingerprint density at radius 3 is 2.07 bits per heavy atom. The molecule has 1 fully saturated rings. The van der Waals surface area contributed by atoms with Crippen LogP contribution in [0.2, 0.25) is 0 Å². The maximum absolute atomic E-state index is 8.86. The number of nitriles is 1. The van der Waals surface area contributed by atoms with E-state index in [9.17, 15) is 0 Å². The van der Waals surface area contributed by atoms with Gasteiger partial charge < -0.3 is 9.47 Å². The summed E-state index contributed by atoms with van der Waals surface area (Å²) in [6.45, 7) is 3.77. The molecule has 0 amide bonds. The molecule has 142 valence electrons. The lowest BCUT2D eigenvalue weighted by molar-refractivity contribution is -0.200. The quantitative estimate of drug-likeness (QED) is 0.658. The van der Waals surface area contributed by atoms with Crippen molar-refractivity contribution < 1.29 is 9.47 Å². The minimum atomic E-state index is -0.166. The third-order valence-corrected chi connectivity index (χ3v) is 5.16. The second-order valence-electron chi connectivity index (χ2n) is 7.43. The second kappa shape index (κ2) is 10.3. The highest BCUT2D eigenvalue weighted by atomic mass is 16.7. The van der Waals surface area contributed by atoms with Crippen molar-refractivity contribution in [1.82, 2.24) is 0 Å². The van der Waals surface area contributed by atoms with E-state index in [1.165, 1.54) is 30.4 Å². The van der Waals surface area contributed by atoms with Crippen LogP contribution in [0.15, 0.2) is 48.5 Å². The molecular weight excluding hydrogens is 334 g/mol. The lowest BCUT2D eigenvalue weighted by Crippen LogP contribution is -2.33. The summed E-state index contributed by atoms with van der Waals surface area (Å²) in [5.74, 6) is 0.488. The Labute approximate surface area is 162 Å². The molecule has 2 aromatic rings. The number of rotatable bonds is 8. The van der Waals surface area contributed by atoms with Crippen LogP contribution in [-0.2, 0) is 28.7 Å². The molecule has 0 saturated carbocycles. The van der Waals surface area contributed by atoms with E-state index < -0.39 is 0 Å². The number of hydrogen-bond acceptors (Lipinski definition) is 3. The van der Waals surface area contributed by atoms with Crippen molar-refractivity contribution >= 4 is 0 Å². The summed E-state index contributed by atoms with van der Waals surface area (Å²) >= 11 is 0. The van der Waals surface area contributed by atoms with E-state index in [1.807, 2.05) is 24.3 Å². The van der Waals surface area contributed by atoms with E-state index in [1.54, 1.807) is 0 Å². The van der Waals surface area contributed by atoms with E-state index in [-0.39, 0.29) is 6.29 Å². The average molecular weight is 364 g/mol. The SMILES string of the molecule is CCCc1ccc(CCCC2COC(Cc3ccc(C#N)cc3)OC2)cc1. The number of ether oxygens (including phenoxy) is 2. The van der Waals surface area contributed by atoms with Crippen molar-refractivity contribution in [2.75, 3.05) is 13.2 Å². The Morgan fingerprint density at radius 2 is 1.48 bits per heavy atom. The van der Waals surface area contributed by atoms with Gasteiger partial charge in [-0.3, -0.25) is 0 Å². The molecule has 0 atom stereocenters. The Bertz CT molecular complexity index is 722. The fraction of sp³-hybridized carbons (Fsp3) is 0.458. The first-order valence-corrected chi connectivity index (χ1v) is 10.1. The van der Waals surface area contributed by atoms with Crippen LogP contribution in [0, 0.1) is 17.2 Å². The van der Waals surface area contributed by atoms with Gasteiger partial charge in [-0.05, 0) is 54.5 Å². The first-order chi connectivity index (χ1) is 13.3. The van der Waals surface area contributed by atoms with Crippen LogP contribution in [0.1, 0.15) is 48.4 Å². The first-order valence-electron chi connectivity index (χ1n) is 10.1. The van der Waals surface area contributed by atoms with Gasteiger partial charge in [0.1, 0.15) is 0 Å². The van der Waals surface area contributed by atoms with Crippen LogP contribution >= 0.6 is 0 Å². The summed E-state index contributed by atoms with van der Waals surface area (Å²) in [5.41, 5.74) is 4.68. The lowest BCUT2D eigenvalue weighted by atomic mass is 9.99. The van der Waals surface area contributed by atoms with Crippen molar-refractivity contribution in [2.24, 2.45) is 5.92 Å². The Hall–Kier alpha value is -2.15. The summed E-state index contributed by atoms with van der Waals surface area (Å²) in [6.07, 6.45) is 6.37. The summed E-state index contributed by atoms with van der Waals surface area (Å²) in [7, 11) is 0. The lowest BCUT2D eigenvalue weighted by Gasteiger charge is -2.29. The van der Waals surface area contributed by atoms with Gasteiger partial charge in [0.2, 0.25) is 0 Å². The van der Waals surface area contributed by atoms with E-state index in [0.29, 0.717) is 11.5 Å². The molecule has 1 aliphatic rings. The van der Waals surface area contributed by atoms with Gasteiger partial charge in [0.05, 0.1) is 24.8 Å². The average Bonchev–Trinajstić information content (AvgIpc) is 2.71. The number of hydrogen-bond donors (Lipinski definition) is 0. The molecular formula is C24H29NO2. The van der Waals surface area contributed by atoms with E-state index in [4.69, 9.17) is 14.7 Å². The van der Waals surface area contributed by atoms with Gasteiger partial charge in [-0.15, -0.1) is 0 Å². The largest absolute Gasteiger partial charge is 0.352 e. The highest BCUT2D eigenvalue weighted by Gasteiger charge is 2.22. The third kappa shape index (κ3) is 6.20. The van der Waals surface area contributed by atoms with Gasteiger partial charge in [-0.2, -0.15) is 5.26 Å². The second-order valence-corrected chi connectivity index (χ2v) is 7.43. The molecule has 0 radical (unpaired) electrons. The van der Waals surface area contributed by atoms with Crippen molar-refractivity contribution in [2.45, 2.75) is 51.7 Å². The highest BCUT2D eigenvalue weighted by Crippen LogP contribution is 2.20. The van der Waals surface area contributed by atoms with Gasteiger partial charge in [0.25, 0.3) is 0 Å². The molecule has 0 spiro atoms. The zero-order valence-electron chi connectivity index (χ0n) is 16.2. The number of benzene rings is 2. The number of nitrogens with zero attached hydrogens (tertiary/aromatic N) is 1. The minimum absolute atomic E-state index is 0.166. The normalized spacial score (nSPS) is 19.6. The summed E-state index contributed by atoms with van der Waals surface area (Å²) in [5, 5.41) is 8.86. The fourth-order valence-corrected chi connectivity index (χ4v) is 3.53. The van der Waals surface area contributed by atoms with Crippen LogP contribution < -0.4 is 0 Å². The van der Waals surface area contributed by atoms with Crippen LogP contribution in [0.25, 0.3) is 0 Å². The summed E-state index contributed by atoms with van der Waals surface area (Å²) < 4.78 is 11.8. The third-order valence-electron chi connectivity index (χ3n) is 5.16. The molecule has 1 heterocycles. The van der Waals surface area contributed by atoms with Crippen molar-refractivity contribution in [3.63, 3.8) is 0 Å².